The minimum absolute atomic E-state index is 0. The van der Waals surface area contributed by atoms with Gasteiger partial charge in [0.15, 0.2) is 5.75 Å². The number of benzene rings is 2. The van der Waals surface area contributed by atoms with Crippen molar-refractivity contribution in [1.82, 2.24) is 5.32 Å². The summed E-state index contributed by atoms with van der Waals surface area (Å²) < 4.78 is 5.79. The van der Waals surface area contributed by atoms with Crippen LogP contribution < -0.4 is 10.1 Å². The van der Waals surface area contributed by atoms with Crippen LogP contribution in [0.5, 0.6) is 5.75 Å². The Kier molecular flexibility index (Phi) is 8.38. The number of rotatable bonds is 7. The van der Waals surface area contributed by atoms with Gasteiger partial charge in [0.2, 0.25) is 0 Å². The molecule has 0 amide bonds. The van der Waals surface area contributed by atoms with Crippen LogP contribution >= 0.6 is 35.6 Å². The molecule has 0 saturated carbocycles. The van der Waals surface area contributed by atoms with E-state index in [2.05, 4.69) is 26.1 Å². The van der Waals surface area contributed by atoms with Crippen molar-refractivity contribution in [1.29, 1.82) is 0 Å². The zero-order valence-electron chi connectivity index (χ0n) is 14.2. The number of ether oxygens (including phenoxy) is 1. The van der Waals surface area contributed by atoms with Gasteiger partial charge in [-0.2, -0.15) is 0 Å². The van der Waals surface area contributed by atoms with Crippen LogP contribution in [0.2, 0.25) is 10.0 Å². The summed E-state index contributed by atoms with van der Waals surface area (Å²) in [6, 6.07) is 13.8. The van der Waals surface area contributed by atoms with Gasteiger partial charge in [-0.05, 0) is 43.5 Å². The highest BCUT2D eigenvalue weighted by Crippen LogP contribution is 2.35. The van der Waals surface area contributed by atoms with Gasteiger partial charge in [-0.15, -0.1) is 12.4 Å². The molecule has 0 spiro atoms. The van der Waals surface area contributed by atoms with E-state index < -0.39 is 0 Å². The monoisotopic (exact) mass is 387 g/mol. The first-order valence-corrected chi connectivity index (χ1v) is 8.56. The highest BCUT2D eigenvalue weighted by Gasteiger charge is 2.15. The third-order valence-corrected chi connectivity index (χ3v) is 4.50. The smallest absolute Gasteiger partial charge is 0.156 e. The minimum Gasteiger partial charge on any atom is -0.486 e. The molecule has 0 saturated heterocycles. The number of hydrogen-bond donors (Lipinski definition) is 1. The predicted molar refractivity (Wildman–Crippen MR) is 106 cm³/mol. The minimum atomic E-state index is 0. The van der Waals surface area contributed by atoms with E-state index in [1.165, 1.54) is 0 Å². The third-order valence-electron chi connectivity index (χ3n) is 3.94. The van der Waals surface area contributed by atoms with Crippen molar-refractivity contribution >= 4 is 35.6 Å². The molecule has 0 aromatic heterocycles. The third kappa shape index (κ3) is 6.18. The molecule has 0 aliphatic carbocycles. The molecular weight excluding hydrogens is 365 g/mol. The molecule has 2 rings (SSSR count). The molecule has 0 fully saturated rings. The SMILES string of the molecule is CCC(C)(C)NCc1cc(Cl)c(OCc2ccccc2)c(Cl)c1.Cl. The van der Waals surface area contributed by atoms with Crippen LogP contribution in [0.25, 0.3) is 0 Å². The largest absolute Gasteiger partial charge is 0.486 e. The van der Waals surface area contributed by atoms with E-state index in [-0.39, 0.29) is 17.9 Å². The first kappa shape index (κ1) is 21.1. The van der Waals surface area contributed by atoms with Crippen LogP contribution in [-0.4, -0.2) is 5.54 Å². The van der Waals surface area contributed by atoms with E-state index in [1.54, 1.807) is 0 Å². The Labute approximate surface area is 160 Å². The van der Waals surface area contributed by atoms with E-state index in [9.17, 15) is 0 Å². The summed E-state index contributed by atoms with van der Waals surface area (Å²) in [5, 5.41) is 4.58. The molecule has 2 aromatic rings. The van der Waals surface area contributed by atoms with Crippen LogP contribution in [0.4, 0.5) is 0 Å². The molecule has 0 unspecified atom stereocenters. The van der Waals surface area contributed by atoms with Crippen LogP contribution in [-0.2, 0) is 13.2 Å². The molecule has 0 radical (unpaired) electrons. The summed E-state index contributed by atoms with van der Waals surface area (Å²) in [6.45, 7) is 7.68. The molecule has 24 heavy (non-hydrogen) atoms. The topological polar surface area (TPSA) is 21.3 Å². The van der Waals surface area contributed by atoms with Crippen molar-refractivity contribution in [3.63, 3.8) is 0 Å². The lowest BCUT2D eigenvalue weighted by molar-refractivity contribution is 0.306. The molecule has 0 heterocycles. The van der Waals surface area contributed by atoms with Gasteiger partial charge in [0.1, 0.15) is 6.61 Å². The summed E-state index contributed by atoms with van der Waals surface area (Å²) in [5.41, 5.74) is 2.21. The molecular formula is C19H24Cl3NO. The fourth-order valence-electron chi connectivity index (χ4n) is 2.05. The number of nitrogens with one attached hydrogen (secondary N) is 1. The van der Waals surface area contributed by atoms with Crippen molar-refractivity contribution in [2.24, 2.45) is 0 Å². The zero-order valence-corrected chi connectivity index (χ0v) is 16.6. The Morgan fingerprint density at radius 2 is 1.58 bits per heavy atom. The highest BCUT2D eigenvalue weighted by atomic mass is 35.5. The lowest BCUT2D eigenvalue weighted by atomic mass is 10.0. The average Bonchev–Trinajstić information content (AvgIpc) is 2.53. The maximum atomic E-state index is 6.35. The van der Waals surface area contributed by atoms with E-state index in [0.29, 0.717) is 22.4 Å². The second kappa shape index (κ2) is 9.53. The van der Waals surface area contributed by atoms with Gasteiger partial charge in [-0.1, -0.05) is 60.5 Å². The number of hydrogen-bond acceptors (Lipinski definition) is 2. The summed E-state index contributed by atoms with van der Waals surface area (Å²) in [5.74, 6) is 0.538. The maximum Gasteiger partial charge on any atom is 0.156 e. The quantitative estimate of drug-likeness (QED) is 0.603. The first-order valence-electron chi connectivity index (χ1n) is 7.81. The zero-order chi connectivity index (χ0) is 16.9. The fourth-order valence-corrected chi connectivity index (χ4v) is 2.69. The van der Waals surface area contributed by atoms with Crippen LogP contribution in [0, 0.1) is 0 Å². The molecule has 2 nitrogen and oxygen atoms in total. The van der Waals surface area contributed by atoms with Crippen LogP contribution in [0.3, 0.4) is 0 Å². The van der Waals surface area contributed by atoms with Gasteiger partial charge < -0.3 is 10.1 Å². The van der Waals surface area contributed by atoms with Crippen molar-refractivity contribution in [2.45, 2.75) is 45.9 Å². The molecule has 0 bridgehead atoms. The van der Waals surface area contributed by atoms with Gasteiger partial charge >= 0.3 is 0 Å². The van der Waals surface area contributed by atoms with E-state index >= 15 is 0 Å². The Hall–Kier alpha value is -0.930. The van der Waals surface area contributed by atoms with Crippen LogP contribution in [0.15, 0.2) is 42.5 Å². The Bertz CT molecular complexity index is 621. The fraction of sp³-hybridized carbons (Fsp3) is 0.368. The molecule has 2 aromatic carbocycles. The lowest BCUT2D eigenvalue weighted by Crippen LogP contribution is -2.37. The average molecular weight is 389 g/mol. The Balaban J connectivity index is 0.00000288. The summed E-state index contributed by atoms with van der Waals surface area (Å²) in [4.78, 5) is 0. The molecule has 0 aliphatic rings. The van der Waals surface area contributed by atoms with Crippen molar-refractivity contribution < 1.29 is 4.74 Å². The van der Waals surface area contributed by atoms with E-state index in [0.717, 1.165) is 24.1 Å². The van der Waals surface area contributed by atoms with Crippen molar-refractivity contribution in [2.75, 3.05) is 0 Å². The maximum absolute atomic E-state index is 6.35. The normalized spacial score (nSPS) is 11.0. The first-order chi connectivity index (χ1) is 10.9. The molecule has 0 aliphatic heterocycles. The van der Waals surface area contributed by atoms with E-state index in [1.807, 2.05) is 42.5 Å². The summed E-state index contributed by atoms with van der Waals surface area (Å²) >= 11 is 12.7. The standard InChI is InChI=1S/C19H23Cl2NO.ClH/c1-4-19(2,3)22-12-15-10-16(20)18(17(21)11-15)23-13-14-8-6-5-7-9-14;/h5-11,22H,4,12-13H2,1-3H3;1H. The van der Waals surface area contributed by atoms with Gasteiger partial charge in [0.25, 0.3) is 0 Å². The van der Waals surface area contributed by atoms with Gasteiger partial charge in [-0.3, -0.25) is 0 Å². The Morgan fingerprint density at radius 3 is 2.12 bits per heavy atom. The molecule has 5 heteroatoms. The summed E-state index contributed by atoms with van der Waals surface area (Å²) in [7, 11) is 0. The van der Waals surface area contributed by atoms with Gasteiger partial charge in [0, 0.05) is 12.1 Å². The van der Waals surface area contributed by atoms with E-state index in [4.69, 9.17) is 27.9 Å². The Morgan fingerprint density at radius 1 is 1.00 bits per heavy atom. The second-order valence-electron chi connectivity index (χ2n) is 6.25. The van der Waals surface area contributed by atoms with Gasteiger partial charge in [-0.25, -0.2) is 0 Å². The van der Waals surface area contributed by atoms with Crippen LogP contribution in [0.1, 0.15) is 38.3 Å². The second-order valence-corrected chi connectivity index (χ2v) is 7.07. The summed E-state index contributed by atoms with van der Waals surface area (Å²) in [6.07, 6.45) is 1.05. The van der Waals surface area contributed by atoms with Gasteiger partial charge in [0.05, 0.1) is 10.0 Å². The predicted octanol–water partition coefficient (Wildman–Crippen LogP) is 6.27. The van der Waals surface area contributed by atoms with Crippen molar-refractivity contribution in [3.8, 4) is 5.75 Å². The molecule has 1 N–H and O–H groups in total. The lowest BCUT2D eigenvalue weighted by Gasteiger charge is -2.25. The molecule has 132 valence electrons. The highest BCUT2D eigenvalue weighted by molar-refractivity contribution is 6.37. The number of halogens is 3. The van der Waals surface area contributed by atoms with Crippen molar-refractivity contribution in [3.05, 3.63) is 63.6 Å². The molecule has 0 atom stereocenters.